The highest BCUT2D eigenvalue weighted by Gasteiger charge is 2.14. The van der Waals surface area contributed by atoms with E-state index in [1.165, 1.54) is 36.0 Å². The van der Waals surface area contributed by atoms with Gasteiger partial charge >= 0.3 is 7.52 Å². The molecule has 1 heterocycles. The molecule has 0 atom stereocenters. The van der Waals surface area contributed by atoms with Gasteiger partial charge in [-0.1, -0.05) is 43.6 Å². The molecule has 0 saturated carbocycles. The van der Waals surface area contributed by atoms with Crippen LogP contribution < -0.4 is 5.32 Å². The van der Waals surface area contributed by atoms with E-state index in [2.05, 4.69) is 53.6 Å². The first kappa shape index (κ1) is 20.5. The Labute approximate surface area is 174 Å². The van der Waals surface area contributed by atoms with Gasteiger partial charge in [-0.25, -0.2) is 14.2 Å². The first-order valence-electron chi connectivity index (χ1n) is 9.03. The van der Waals surface area contributed by atoms with Crippen molar-refractivity contribution in [2.24, 2.45) is 5.16 Å². The van der Waals surface area contributed by atoms with E-state index >= 15 is 0 Å². The van der Waals surface area contributed by atoms with Gasteiger partial charge in [0.2, 0.25) is 0 Å². The maximum Gasteiger partial charge on any atom is 0.409 e. The second-order valence-electron chi connectivity index (χ2n) is 7.20. The van der Waals surface area contributed by atoms with Crippen molar-refractivity contribution < 1.29 is 20.9 Å². The summed E-state index contributed by atoms with van der Waals surface area (Å²) in [5, 5.41) is 19.0. The first-order valence-corrected chi connectivity index (χ1v) is 9.00. The third kappa shape index (κ3) is 6.43. The Morgan fingerprint density at radius 2 is 1.93 bits per heavy atom. The molecule has 0 saturated heterocycles. The SMILES string of the molecule is O=C(O)Nc1ccc(F)cc1.[2H]ON=Cc1cc2cc(C(C)(C)C)ccc2nc1Cl. The Kier molecular flexibility index (Phi) is 6.61. The van der Waals surface area contributed by atoms with Gasteiger partial charge in [0.25, 0.3) is 0 Å². The van der Waals surface area contributed by atoms with Crippen molar-refractivity contribution in [2.45, 2.75) is 26.2 Å². The van der Waals surface area contributed by atoms with Gasteiger partial charge in [-0.2, -0.15) is 0 Å². The van der Waals surface area contributed by atoms with Gasteiger partial charge in [0.1, 0.15) is 11.0 Å². The van der Waals surface area contributed by atoms with E-state index < -0.39 is 6.09 Å². The molecule has 0 aliphatic heterocycles. The predicted octanol–water partition coefficient (Wildman–Crippen LogP) is 5.91. The number of rotatable bonds is 3. The lowest BCUT2D eigenvalue weighted by Crippen LogP contribution is -2.10. The van der Waals surface area contributed by atoms with Crippen LogP contribution in [0.25, 0.3) is 10.9 Å². The van der Waals surface area contributed by atoms with Crippen molar-refractivity contribution in [2.75, 3.05) is 5.32 Å². The zero-order valence-corrected chi connectivity index (χ0v) is 16.9. The largest absolute Gasteiger partial charge is 0.465 e. The Bertz CT molecular complexity index is 1050. The molecule has 0 aliphatic carbocycles. The first-order chi connectivity index (χ1) is 14.1. The number of oxime groups is 1. The van der Waals surface area contributed by atoms with Crippen molar-refractivity contribution in [3.63, 3.8) is 0 Å². The summed E-state index contributed by atoms with van der Waals surface area (Å²) in [7, 11) is 0. The second kappa shape index (κ2) is 9.34. The van der Waals surface area contributed by atoms with Crippen LogP contribution in [-0.2, 0) is 5.41 Å². The molecule has 1 aromatic heterocycles. The van der Waals surface area contributed by atoms with Gasteiger partial charge in [-0.3, -0.25) is 5.32 Å². The number of aromatic nitrogens is 1. The highest BCUT2D eigenvalue weighted by Crippen LogP contribution is 2.27. The van der Waals surface area contributed by atoms with E-state index in [4.69, 9.17) is 18.1 Å². The molecule has 29 heavy (non-hydrogen) atoms. The molecule has 8 heteroatoms. The van der Waals surface area contributed by atoms with E-state index in [9.17, 15) is 9.18 Å². The van der Waals surface area contributed by atoms with Crippen LogP contribution in [0.1, 0.15) is 31.9 Å². The summed E-state index contributed by atoms with van der Waals surface area (Å²) in [6.45, 7) is 6.48. The standard InChI is InChI=1S/C14H15ClN2O.C7H6FNO2/c1-14(2,3)11-4-5-12-9(7-11)6-10(8-16-18)13(15)17-12;8-5-1-3-6(4-2-5)9-7(10)11/h4-8,18H,1-3H3;1-4,9H,(H,10,11)/i/hD. The fourth-order valence-corrected chi connectivity index (χ4v) is 2.63. The van der Waals surface area contributed by atoms with Gasteiger partial charge < -0.3 is 10.3 Å². The van der Waals surface area contributed by atoms with Gasteiger partial charge in [-0.15, -0.1) is 0 Å². The molecule has 0 spiro atoms. The lowest BCUT2D eigenvalue weighted by Gasteiger charge is -2.19. The summed E-state index contributed by atoms with van der Waals surface area (Å²) in [5.41, 5.74) is 3.13. The molecule has 6 nitrogen and oxygen atoms in total. The van der Waals surface area contributed by atoms with E-state index in [-0.39, 0.29) is 11.2 Å². The van der Waals surface area contributed by atoms with E-state index in [1.807, 2.05) is 12.1 Å². The fraction of sp³-hybridized carbons (Fsp3) is 0.190. The summed E-state index contributed by atoms with van der Waals surface area (Å²) in [4.78, 5) is 14.4. The number of fused-ring (bicyclic) bond motifs is 1. The Hall–Kier alpha value is -3.19. The van der Waals surface area contributed by atoms with Crippen LogP contribution in [0.15, 0.2) is 53.7 Å². The number of halogens is 2. The topological polar surface area (TPSA) is 94.8 Å². The average molecular weight is 419 g/mol. The van der Waals surface area contributed by atoms with Crippen molar-refractivity contribution in [1.82, 2.24) is 4.98 Å². The number of anilines is 1. The third-order valence-electron chi connectivity index (χ3n) is 3.95. The van der Waals surface area contributed by atoms with Crippen LogP contribution in [0.2, 0.25) is 6.58 Å². The number of amides is 1. The van der Waals surface area contributed by atoms with Gasteiger partial charge in [-0.05, 0) is 53.4 Å². The fourth-order valence-electron chi connectivity index (χ4n) is 2.44. The molecular formula is C21H21ClFN3O3. The molecule has 3 N–H and O–H groups in total. The summed E-state index contributed by atoms with van der Waals surface area (Å²) < 4.78 is 18.8. The minimum Gasteiger partial charge on any atom is -0.465 e. The smallest absolute Gasteiger partial charge is 0.409 e. The number of benzene rings is 2. The summed E-state index contributed by atoms with van der Waals surface area (Å²) >= 11 is 6.05. The highest BCUT2D eigenvalue weighted by atomic mass is 35.5. The minimum atomic E-state index is -1.16. The van der Waals surface area contributed by atoms with Gasteiger partial charge in [0.15, 0.2) is 0 Å². The zero-order chi connectivity index (χ0) is 22.3. The van der Waals surface area contributed by atoms with Crippen molar-refractivity contribution in [3.05, 3.63) is 70.6 Å². The normalized spacial score (nSPS) is 11.6. The van der Waals surface area contributed by atoms with Gasteiger partial charge in [0, 0.05) is 16.6 Å². The number of carbonyl (C=O) groups is 1. The Morgan fingerprint density at radius 1 is 1.24 bits per heavy atom. The van der Waals surface area contributed by atoms with E-state index in [1.54, 1.807) is 0 Å². The maximum absolute atomic E-state index is 12.2. The van der Waals surface area contributed by atoms with Crippen LogP contribution in [-0.4, -0.2) is 27.6 Å². The number of nitrogens with one attached hydrogen (secondary N) is 1. The van der Waals surface area contributed by atoms with E-state index in [0.717, 1.165) is 10.9 Å². The number of hydrogen-bond donors (Lipinski definition) is 3. The average Bonchev–Trinajstić information content (AvgIpc) is 2.67. The van der Waals surface area contributed by atoms with Crippen molar-refractivity contribution >= 4 is 40.5 Å². The number of nitrogens with zero attached hydrogens (tertiary/aromatic N) is 2. The maximum atomic E-state index is 12.2. The minimum absolute atomic E-state index is 0.0758. The number of hydrogen-bond acceptors (Lipinski definition) is 4. The molecule has 0 aliphatic rings. The second-order valence-corrected chi connectivity index (χ2v) is 7.56. The van der Waals surface area contributed by atoms with E-state index in [0.29, 0.717) is 16.4 Å². The molecular weight excluding hydrogens is 397 g/mol. The Balaban J connectivity index is 0.000000248. The molecule has 2 aromatic carbocycles. The molecule has 0 fully saturated rings. The molecule has 152 valence electrons. The van der Waals surface area contributed by atoms with Crippen LogP contribution in [0.4, 0.5) is 14.9 Å². The van der Waals surface area contributed by atoms with Crippen LogP contribution in [0.5, 0.6) is 0 Å². The molecule has 0 unspecified atom stereocenters. The van der Waals surface area contributed by atoms with Crippen molar-refractivity contribution in [3.8, 4) is 0 Å². The lowest BCUT2D eigenvalue weighted by molar-refractivity contribution is 0.209. The molecule has 0 bridgehead atoms. The summed E-state index contributed by atoms with van der Waals surface area (Å²) in [6.07, 6.45) is 0.225. The Morgan fingerprint density at radius 3 is 2.52 bits per heavy atom. The molecule has 1 amide bonds. The zero-order valence-electron chi connectivity index (χ0n) is 17.1. The van der Waals surface area contributed by atoms with Crippen LogP contribution >= 0.6 is 11.6 Å². The third-order valence-corrected chi connectivity index (χ3v) is 4.25. The van der Waals surface area contributed by atoms with Crippen molar-refractivity contribution in [1.29, 1.82) is 0 Å². The predicted molar refractivity (Wildman–Crippen MR) is 113 cm³/mol. The number of pyridine rings is 1. The summed E-state index contributed by atoms with van der Waals surface area (Å²) in [6, 6.07) is 13.1. The number of carboxylic acid groups (broad SMARTS) is 1. The quantitative estimate of drug-likeness (QED) is 0.213. The van der Waals surface area contributed by atoms with Crippen LogP contribution in [0, 0.1) is 5.82 Å². The van der Waals surface area contributed by atoms with Crippen LogP contribution in [0.3, 0.4) is 0 Å². The summed E-state index contributed by atoms with van der Waals surface area (Å²) in [5.74, 6) is -0.388. The molecule has 3 aromatic rings. The van der Waals surface area contributed by atoms with Gasteiger partial charge in [0.05, 0.1) is 11.7 Å². The molecule has 0 radical (unpaired) electrons. The lowest BCUT2D eigenvalue weighted by atomic mass is 9.86. The highest BCUT2D eigenvalue weighted by molar-refractivity contribution is 6.32. The monoisotopic (exact) mass is 418 g/mol. The molecule has 3 rings (SSSR count).